The zero-order chi connectivity index (χ0) is 14.9. The van der Waals surface area contributed by atoms with E-state index in [1.165, 1.54) is 12.1 Å². The van der Waals surface area contributed by atoms with E-state index in [9.17, 15) is 9.18 Å². The van der Waals surface area contributed by atoms with Crippen molar-refractivity contribution in [3.8, 4) is 0 Å². The topological polar surface area (TPSA) is 17.1 Å². The van der Waals surface area contributed by atoms with Crippen LogP contribution in [0.25, 0.3) is 0 Å². The third-order valence-electron chi connectivity index (χ3n) is 4.73. The molecule has 0 saturated heterocycles. The number of hydrogen-bond donors (Lipinski definition) is 0. The first-order valence-electron chi connectivity index (χ1n) is 7.46. The van der Waals surface area contributed by atoms with Crippen molar-refractivity contribution < 1.29 is 9.18 Å². The number of ketones is 1. The standard InChI is InChI=1S/C19H19FO/c1-14-8-9-17(20)12-15(14)13-18(21)19(10-5-11-19)16-6-3-2-4-7-16/h2-4,6-9,12H,5,10-11,13H2,1H3. The molecule has 1 aliphatic carbocycles. The fraction of sp³-hybridized carbons (Fsp3) is 0.316. The van der Waals surface area contributed by atoms with E-state index >= 15 is 0 Å². The second-order valence-electron chi connectivity index (χ2n) is 5.97. The van der Waals surface area contributed by atoms with Crippen molar-refractivity contribution in [2.45, 2.75) is 38.0 Å². The zero-order valence-electron chi connectivity index (χ0n) is 12.2. The molecule has 2 heteroatoms. The second kappa shape index (κ2) is 5.44. The van der Waals surface area contributed by atoms with Crippen molar-refractivity contribution in [2.75, 3.05) is 0 Å². The Balaban J connectivity index is 1.89. The van der Waals surface area contributed by atoms with E-state index in [1.807, 2.05) is 37.3 Å². The van der Waals surface area contributed by atoms with Crippen LogP contribution in [-0.2, 0) is 16.6 Å². The fourth-order valence-corrected chi connectivity index (χ4v) is 3.19. The number of aryl methyl sites for hydroxylation is 1. The fourth-order valence-electron chi connectivity index (χ4n) is 3.19. The summed E-state index contributed by atoms with van der Waals surface area (Å²) < 4.78 is 13.4. The lowest BCUT2D eigenvalue weighted by Crippen LogP contribution is -2.43. The lowest BCUT2D eigenvalue weighted by molar-refractivity contribution is -0.127. The van der Waals surface area contributed by atoms with E-state index in [-0.39, 0.29) is 17.0 Å². The Morgan fingerprint density at radius 1 is 1.14 bits per heavy atom. The maximum absolute atomic E-state index is 13.4. The van der Waals surface area contributed by atoms with Gasteiger partial charge in [0.2, 0.25) is 0 Å². The predicted molar refractivity (Wildman–Crippen MR) is 81.8 cm³/mol. The van der Waals surface area contributed by atoms with Crippen LogP contribution in [-0.4, -0.2) is 5.78 Å². The Morgan fingerprint density at radius 3 is 2.48 bits per heavy atom. The molecule has 1 fully saturated rings. The van der Waals surface area contributed by atoms with Gasteiger partial charge in [-0.3, -0.25) is 4.79 Å². The molecule has 0 amide bonds. The first-order chi connectivity index (χ1) is 10.1. The Hall–Kier alpha value is -1.96. The molecule has 0 spiro atoms. The van der Waals surface area contributed by atoms with Gasteiger partial charge in [0.15, 0.2) is 0 Å². The van der Waals surface area contributed by atoms with E-state index < -0.39 is 0 Å². The zero-order valence-corrected chi connectivity index (χ0v) is 12.2. The number of halogens is 1. The van der Waals surface area contributed by atoms with Gasteiger partial charge in [0.1, 0.15) is 11.6 Å². The van der Waals surface area contributed by atoms with Crippen molar-refractivity contribution in [3.63, 3.8) is 0 Å². The lowest BCUT2D eigenvalue weighted by Gasteiger charge is -2.41. The Kier molecular flexibility index (Phi) is 3.62. The summed E-state index contributed by atoms with van der Waals surface area (Å²) in [5.41, 5.74) is 2.55. The number of carbonyl (C=O) groups is 1. The highest BCUT2D eigenvalue weighted by atomic mass is 19.1. The highest BCUT2D eigenvalue weighted by molar-refractivity contribution is 5.93. The lowest BCUT2D eigenvalue weighted by atomic mass is 9.61. The molecule has 0 atom stereocenters. The Bertz CT molecular complexity index is 657. The van der Waals surface area contributed by atoms with Crippen LogP contribution in [0.5, 0.6) is 0 Å². The van der Waals surface area contributed by atoms with Gasteiger partial charge in [-0.25, -0.2) is 4.39 Å². The summed E-state index contributed by atoms with van der Waals surface area (Å²) in [6.45, 7) is 1.93. The highest BCUT2D eigenvalue weighted by Crippen LogP contribution is 2.45. The van der Waals surface area contributed by atoms with E-state index in [0.29, 0.717) is 6.42 Å². The smallest absolute Gasteiger partial charge is 0.147 e. The SMILES string of the molecule is Cc1ccc(F)cc1CC(=O)C1(c2ccccc2)CCC1. The minimum absolute atomic E-state index is 0.216. The van der Waals surface area contributed by atoms with Gasteiger partial charge >= 0.3 is 0 Å². The van der Waals surface area contributed by atoms with Crippen LogP contribution in [0.1, 0.15) is 36.0 Å². The number of Topliss-reactive ketones (excluding diaryl/α,β-unsaturated/α-hetero) is 1. The molecule has 1 aliphatic rings. The van der Waals surface area contributed by atoms with E-state index in [1.54, 1.807) is 6.07 Å². The van der Waals surface area contributed by atoms with E-state index in [2.05, 4.69) is 0 Å². The first kappa shape index (κ1) is 14.0. The minimum atomic E-state index is -0.347. The van der Waals surface area contributed by atoms with Gasteiger partial charge in [-0.2, -0.15) is 0 Å². The average molecular weight is 282 g/mol. The molecule has 108 valence electrons. The van der Waals surface area contributed by atoms with Crippen molar-refractivity contribution >= 4 is 5.78 Å². The van der Waals surface area contributed by atoms with Gasteiger partial charge in [0.05, 0.1) is 5.41 Å². The largest absolute Gasteiger partial charge is 0.298 e. The Labute approximate surface area is 124 Å². The number of hydrogen-bond acceptors (Lipinski definition) is 1. The van der Waals surface area contributed by atoms with Crippen LogP contribution < -0.4 is 0 Å². The molecule has 21 heavy (non-hydrogen) atoms. The number of benzene rings is 2. The Morgan fingerprint density at radius 2 is 1.86 bits per heavy atom. The van der Waals surface area contributed by atoms with Gasteiger partial charge in [-0.05, 0) is 48.6 Å². The van der Waals surface area contributed by atoms with Crippen LogP contribution in [0.3, 0.4) is 0 Å². The average Bonchev–Trinajstić information content (AvgIpc) is 2.43. The summed E-state index contributed by atoms with van der Waals surface area (Å²) in [6, 6.07) is 14.7. The molecule has 2 aromatic rings. The van der Waals surface area contributed by atoms with Crippen LogP contribution in [0.2, 0.25) is 0 Å². The molecule has 0 unspecified atom stereocenters. The van der Waals surface area contributed by atoms with Gasteiger partial charge < -0.3 is 0 Å². The molecular formula is C19H19FO. The summed E-state index contributed by atoms with van der Waals surface area (Å²) >= 11 is 0. The molecule has 1 nitrogen and oxygen atoms in total. The quantitative estimate of drug-likeness (QED) is 0.814. The molecule has 3 rings (SSSR count). The van der Waals surface area contributed by atoms with Gasteiger partial charge in [0, 0.05) is 6.42 Å². The van der Waals surface area contributed by atoms with E-state index in [4.69, 9.17) is 0 Å². The molecule has 0 N–H and O–H groups in total. The van der Waals surface area contributed by atoms with Crippen molar-refractivity contribution in [1.82, 2.24) is 0 Å². The van der Waals surface area contributed by atoms with Crippen molar-refractivity contribution in [1.29, 1.82) is 0 Å². The van der Waals surface area contributed by atoms with Crippen LogP contribution in [0, 0.1) is 12.7 Å². The minimum Gasteiger partial charge on any atom is -0.298 e. The highest BCUT2D eigenvalue weighted by Gasteiger charge is 2.44. The molecule has 0 radical (unpaired) electrons. The number of carbonyl (C=O) groups excluding carboxylic acids is 1. The maximum Gasteiger partial charge on any atom is 0.147 e. The monoisotopic (exact) mass is 282 g/mol. The molecule has 1 saturated carbocycles. The third kappa shape index (κ3) is 2.51. The van der Waals surface area contributed by atoms with Crippen LogP contribution >= 0.6 is 0 Å². The van der Waals surface area contributed by atoms with Gasteiger partial charge in [0.25, 0.3) is 0 Å². The molecule has 0 bridgehead atoms. The van der Waals surface area contributed by atoms with Crippen LogP contribution in [0.15, 0.2) is 48.5 Å². The van der Waals surface area contributed by atoms with Gasteiger partial charge in [-0.1, -0.05) is 42.8 Å². The molecular weight excluding hydrogens is 263 g/mol. The molecule has 0 aromatic heterocycles. The summed E-state index contributed by atoms with van der Waals surface area (Å²) in [4.78, 5) is 12.9. The van der Waals surface area contributed by atoms with Crippen molar-refractivity contribution in [3.05, 3.63) is 71.0 Å². The molecule has 0 aliphatic heterocycles. The van der Waals surface area contributed by atoms with E-state index in [0.717, 1.165) is 36.0 Å². The second-order valence-corrected chi connectivity index (χ2v) is 5.97. The summed E-state index contributed by atoms with van der Waals surface area (Å²) in [5, 5.41) is 0. The molecule has 2 aromatic carbocycles. The number of rotatable bonds is 4. The third-order valence-corrected chi connectivity index (χ3v) is 4.73. The predicted octanol–water partition coefficient (Wildman–Crippen LogP) is 4.37. The summed E-state index contributed by atoms with van der Waals surface area (Å²) in [5.74, 6) is -0.0561. The van der Waals surface area contributed by atoms with Gasteiger partial charge in [-0.15, -0.1) is 0 Å². The summed E-state index contributed by atoms with van der Waals surface area (Å²) in [6.07, 6.45) is 3.22. The van der Waals surface area contributed by atoms with Crippen molar-refractivity contribution in [2.24, 2.45) is 0 Å². The summed E-state index contributed by atoms with van der Waals surface area (Å²) in [7, 11) is 0. The normalized spacial score (nSPS) is 16.3. The van der Waals surface area contributed by atoms with Crippen LogP contribution in [0.4, 0.5) is 4.39 Å². The maximum atomic E-state index is 13.4. The first-order valence-corrected chi connectivity index (χ1v) is 7.46. The molecule has 0 heterocycles.